The highest BCUT2D eigenvalue weighted by atomic mass is 16.3. The SMILES string of the molecule is CC(C)CCC[C@@H](C)[C@H]1CCC2C3C(CC[C@@]21C)[C@@]1(C)CC[C@H](O)CC1=C[C@@H]3N. The zero-order valence-corrected chi connectivity index (χ0v) is 19.8. The second kappa shape index (κ2) is 7.97. The van der Waals surface area contributed by atoms with Gasteiger partial charge in [0.1, 0.15) is 0 Å². The molecule has 2 nitrogen and oxygen atoms in total. The third kappa shape index (κ3) is 3.65. The fourth-order valence-corrected chi connectivity index (χ4v) is 8.74. The van der Waals surface area contributed by atoms with Crippen LogP contribution in [0.1, 0.15) is 98.8 Å². The predicted octanol–water partition coefficient (Wildman–Crippen LogP) is 6.33. The molecule has 3 saturated carbocycles. The van der Waals surface area contributed by atoms with E-state index in [2.05, 4.69) is 40.7 Å². The third-order valence-corrected chi connectivity index (χ3v) is 10.4. The second-order valence-corrected chi connectivity index (χ2v) is 12.4. The Labute approximate surface area is 180 Å². The summed E-state index contributed by atoms with van der Waals surface area (Å²) >= 11 is 0. The number of hydrogen-bond donors (Lipinski definition) is 2. The van der Waals surface area contributed by atoms with Crippen LogP contribution < -0.4 is 5.73 Å². The molecule has 3 N–H and O–H groups in total. The standard InChI is InChI=1S/C27H47NO/c1-17(2)7-6-8-18(3)21-9-10-22-25-23(12-14-27(21,22)5)26(4)13-11-20(29)15-19(26)16-24(25)28/h16-18,20-25,29H,6-15,28H2,1-5H3/t18-,20+,21-,22?,23?,24+,25?,26+,27-/m1/s1. The molecule has 0 aromatic carbocycles. The van der Waals surface area contributed by atoms with Gasteiger partial charge in [-0.3, -0.25) is 0 Å². The van der Waals surface area contributed by atoms with Crippen LogP contribution in [0, 0.1) is 46.3 Å². The lowest BCUT2D eigenvalue weighted by Gasteiger charge is -2.60. The number of fused-ring (bicyclic) bond motifs is 5. The highest BCUT2D eigenvalue weighted by Crippen LogP contribution is 2.67. The quantitative estimate of drug-likeness (QED) is 0.529. The Kier molecular flexibility index (Phi) is 6.01. The van der Waals surface area contributed by atoms with Crippen LogP contribution in [0.3, 0.4) is 0 Å². The molecule has 166 valence electrons. The Morgan fingerprint density at radius 2 is 1.79 bits per heavy atom. The zero-order chi connectivity index (χ0) is 21.0. The van der Waals surface area contributed by atoms with Crippen molar-refractivity contribution >= 4 is 0 Å². The van der Waals surface area contributed by atoms with Crippen molar-refractivity contribution < 1.29 is 5.11 Å². The molecule has 0 aromatic rings. The summed E-state index contributed by atoms with van der Waals surface area (Å²) in [5.41, 5.74) is 9.17. The Bertz CT molecular complexity index is 626. The summed E-state index contributed by atoms with van der Waals surface area (Å²) in [6.07, 6.45) is 15.0. The van der Waals surface area contributed by atoms with Crippen LogP contribution in [0.4, 0.5) is 0 Å². The van der Waals surface area contributed by atoms with Crippen LogP contribution in [0.25, 0.3) is 0 Å². The lowest BCUT2D eigenvalue weighted by Crippen LogP contribution is -2.56. The molecule has 29 heavy (non-hydrogen) atoms. The summed E-state index contributed by atoms with van der Waals surface area (Å²) in [6, 6.07) is 0.202. The van der Waals surface area contributed by atoms with Gasteiger partial charge in [-0.2, -0.15) is 0 Å². The largest absolute Gasteiger partial charge is 0.393 e. The monoisotopic (exact) mass is 401 g/mol. The van der Waals surface area contributed by atoms with Gasteiger partial charge in [0, 0.05) is 6.04 Å². The molecule has 0 saturated heterocycles. The van der Waals surface area contributed by atoms with Crippen LogP contribution in [0.2, 0.25) is 0 Å². The van der Waals surface area contributed by atoms with Gasteiger partial charge in [-0.15, -0.1) is 0 Å². The summed E-state index contributed by atoms with van der Waals surface area (Å²) in [5, 5.41) is 10.3. The Morgan fingerprint density at radius 3 is 2.52 bits per heavy atom. The van der Waals surface area contributed by atoms with Gasteiger partial charge >= 0.3 is 0 Å². The van der Waals surface area contributed by atoms with Crippen LogP contribution >= 0.6 is 0 Å². The van der Waals surface area contributed by atoms with E-state index < -0.39 is 0 Å². The molecule has 0 amide bonds. The summed E-state index contributed by atoms with van der Waals surface area (Å²) < 4.78 is 0. The molecule has 3 unspecified atom stereocenters. The van der Waals surface area contributed by atoms with Crippen LogP contribution in [-0.4, -0.2) is 17.3 Å². The maximum absolute atomic E-state index is 10.3. The van der Waals surface area contributed by atoms with Crippen molar-refractivity contribution in [2.45, 2.75) is 111 Å². The van der Waals surface area contributed by atoms with Crippen molar-refractivity contribution in [2.24, 2.45) is 52.1 Å². The normalized spacial score (nSPS) is 47.9. The molecule has 4 aliphatic carbocycles. The lowest BCUT2D eigenvalue weighted by atomic mass is 9.46. The highest BCUT2D eigenvalue weighted by molar-refractivity contribution is 5.28. The van der Waals surface area contributed by atoms with E-state index >= 15 is 0 Å². The number of aliphatic hydroxyl groups excluding tert-OH is 1. The van der Waals surface area contributed by atoms with Crippen LogP contribution in [0.5, 0.6) is 0 Å². The number of aliphatic hydroxyl groups is 1. The molecule has 4 aliphatic rings. The molecule has 9 atom stereocenters. The van der Waals surface area contributed by atoms with Crippen LogP contribution in [0.15, 0.2) is 11.6 Å². The van der Waals surface area contributed by atoms with E-state index in [1.807, 2.05) is 0 Å². The van der Waals surface area contributed by atoms with E-state index in [-0.39, 0.29) is 12.1 Å². The average Bonchev–Trinajstić information content (AvgIpc) is 3.00. The molecule has 0 radical (unpaired) electrons. The van der Waals surface area contributed by atoms with Gasteiger partial charge in [-0.1, -0.05) is 65.5 Å². The topological polar surface area (TPSA) is 46.2 Å². The molecular formula is C27H47NO. The Hall–Kier alpha value is -0.340. The third-order valence-electron chi connectivity index (χ3n) is 10.4. The minimum atomic E-state index is -0.144. The van der Waals surface area contributed by atoms with Crippen molar-refractivity contribution in [1.29, 1.82) is 0 Å². The Morgan fingerprint density at radius 1 is 1.03 bits per heavy atom. The molecule has 0 spiro atoms. The summed E-state index contributed by atoms with van der Waals surface area (Å²) in [4.78, 5) is 0. The second-order valence-electron chi connectivity index (χ2n) is 12.4. The molecule has 0 bridgehead atoms. The van der Waals surface area contributed by atoms with Gasteiger partial charge in [-0.05, 0) is 91.3 Å². The summed E-state index contributed by atoms with van der Waals surface area (Å²) in [6.45, 7) is 12.4. The zero-order valence-electron chi connectivity index (χ0n) is 19.8. The van der Waals surface area contributed by atoms with Crippen molar-refractivity contribution in [1.82, 2.24) is 0 Å². The first-order valence-electron chi connectivity index (χ1n) is 12.8. The molecular weight excluding hydrogens is 354 g/mol. The highest BCUT2D eigenvalue weighted by Gasteiger charge is 2.60. The first-order chi connectivity index (χ1) is 13.7. The van der Waals surface area contributed by atoms with Gasteiger partial charge in [0.05, 0.1) is 6.10 Å². The lowest BCUT2D eigenvalue weighted by molar-refractivity contribution is -0.0632. The van der Waals surface area contributed by atoms with E-state index in [0.29, 0.717) is 16.7 Å². The van der Waals surface area contributed by atoms with Crippen molar-refractivity contribution in [3.05, 3.63) is 11.6 Å². The smallest absolute Gasteiger partial charge is 0.0577 e. The van der Waals surface area contributed by atoms with Gasteiger partial charge in [0.2, 0.25) is 0 Å². The number of nitrogens with two attached hydrogens (primary N) is 1. The van der Waals surface area contributed by atoms with E-state index in [1.165, 1.54) is 50.5 Å². The minimum Gasteiger partial charge on any atom is -0.393 e. The maximum Gasteiger partial charge on any atom is 0.0577 e. The molecule has 4 rings (SSSR count). The first kappa shape index (κ1) is 21.9. The summed E-state index contributed by atoms with van der Waals surface area (Å²) in [7, 11) is 0. The molecule has 3 fully saturated rings. The fraction of sp³-hybridized carbons (Fsp3) is 0.926. The maximum atomic E-state index is 10.3. The minimum absolute atomic E-state index is 0.144. The average molecular weight is 402 g/mol. The Balaban J connectivity index is 1.54. The van der Waals surface area contributed by atoms with Crippen molar-refractivity contribution in [2.75, 3.05) is 0 Å². The molecule has 0 aliphatic heterocycles. The van der Waals surface area contributed by atoms with Crippen molar-refractivity contribution in [3.63, 3.8) is 0 Å². The van der Waals surface area contributed by atoms with Gasteiger partial charge in [-0.25, -0.2) is 0 Å². The van der Waals surface area contributed by atoms with Gasteiger partial charge in [0.15, 0.2) is 0 Å². The van der Waals surface area contributed by atoms with E-state index in [0.717, 1.165) is 48.9 Å². The fourth-order valence-electron chi connectivity index (χ4n) is 8.74. The van der Waals surface area contributed by atoms with Crippen LogP contribution in [-0.2, 0) is 0 Å². The molecule has 0 heterocycles. The summed E-state index contributed by atoms with van der Waals surface area (Å²) in [5.74, 6) is 4.77. The first-order valence-corrected chi connectivity index (χ1v) is 12.8. The molecule has 2 heteroatoms. The van der Waals surface area contributed by atoms with Gasteiger partial charge < -0.3 is 10.8 Å². The number of rotatable bonds is 5. The van der Waals surface area contributed by atoms with E-state index in [4.69, 9.17) is 5.73 Å². The van der Waals surface area contributed by atoms with Gasteiger partial charge in [0.25, 0.3) is 0 Å². The van der Waals surface area contributed by atoms with E-state index in [9.17, 15) is 5.11 Å². The predicted molar refractivity (Wildman–Crippen MR) is 122 cm³/mol. The van der Waals surface area contributed by atoms with E-state index in [1.54, 1.807) is 0 Å². The van der Waals surface area contributed by atoms with Crippen molar-refractivity contribution in [3.8, 4) is 0 Å². The molecule has 0 aromatic heterocycles. The number of hydrogen-bond acceptors (Lipinski definition) is 2.